The SMILES string of the molecule is O=C1CNC(=O)N1c1ccc(OC(F)(F)F)c(Br)c1. The molecule has 1 aliphatic heterocycles. The Hall–Kier alpha value is -1.77. The third-order valence-electron chi connectivity index (χ3n) is 2.24. The number of nitrogens with one attached hydrogen (secondary N) is 1. The molecule has 1 saturated heterocycles. The van der Waals surface area contributed by atoms with Crippen LogP contribution in [0.25, 0.3) is 0 Å². The van der Waals surface area contributed by atoms with E-state index in [1.54, 1.807) is 0 Å². The highest BCUT2D eigenvalue weighted by Crippen LogP contribution is 2.33. The van der Waals surface area contributed by atoms with E-state index in [1.165, 1.54) is 12.1 Å². The molecule has 0 saturated carbocycles. The molecule has 1 aromatic carbocycles. The molecule has 1 N–H and O–H groups in total. The molecular formula is C10H6BrF3N2O3. The number of benzene rings is 1. The van der Waals surface area contributed by atoms with Crippen molar-refractivity contribution in [1.82, 2.24) is 5.32 Å². The number of hydrogen-bond acceptors (Lipinski definition) is 3. The Morgan fingerprint density at radius 3 is 2.47 bits per heavy atom. The molecule has 0 radical (unpaired) electrons. The van der Waals surface area contributed by atoms with Gasteiger partial charge in [-0.25, -0.2) is 9.69 Å². The number of anilines is 1. The van der Waals surface area contributed by atoms with E-state index in [4.69, 9.17) is 0 Å². The van der Waals surface area contributed by atoms with Gasteiger partial charge in [-0.3, -0.25) is 4.79 Å². The molecular weight excluding hydrogens is 333 g/mol. The van der Waals surface area contributed by atoms with Gasteiger partial charge in [-0.15, -0.1) is 13.2 Å². The van der Waals surface area contributed by atoms with E-state index in [1.807, 2.05) is 0 Å². The Bertz CT molecular complexity index is 531. The van der Waals surface area contributed by atoms with E-state index in [0.29, 0.717) is 0 Å². The number of imide groups is 1. The second-order valence-electron chi connectivity index (χ2n) is 3.55. The average molecular weight is 339 g/mol. The monoisotopic (exact) mass is 338 g/mol. The number of carbonyl (C=O) groups is 2. The summed E-state index contributed by atoms with van der Waals surface area (Å²) in [5.41, 5.74) is 0.154. The first-order valence-electron chi connectivity index (χ1n) is 4.94. The van der Waals surface area contributed by atoms with Gasteiger partial charge in [0.25, 0.3) is 5.91 Å². The molecule has 5 nitrogen and oxygen atoms in total. The number of rotatable bonds is 2. The first kappa shape index (κ1) is 13.7. The predicted molar refractivity (Wildman–Crippen MR) is 61.7 cm³/mol. The number of carbonyl (C=O) groups excluding carboxylic acids is 2. The van der Waals surface area contributed by atoms with Crippen molar-refractivity contribution in [2.45, 2.75) is 6.36 Å². The summed E-state index contributed by atoms with van der Waals surface area (Å²) in [6.07, 6.45) is -4.81. The van der Waals surface area contributed by atoms with Crippen LogP contribution < -0.4 is 15.0 Å². The number of amides is 3. The fourth-order valence-electron chi connectivity index (χ4n) is 1.52. The van der Waals surface area contributed by atoms with Crippen molar-refractivity contribution < 1.29 is 27.5 Å². The fraction of sp³-hybridized carbons (Fsp3) is 0.200. The van der Waals surface area contributed by atoms with Gasteiger partial charge >= 0.3 is 12.4 Å². The minimum atomic E-state index is -4.81. The number of urea groups is 1. The number of hydrogen-bond donors (Lipinski definition) is 1. The third kappa shape index (κ3) is 2.98. The molecule has 1 fully saturated rings. The standard InChI is InChI=1S/C10H6BrF3N2O3/c11-6-3-5(16-8(17)4-15-9(16)18)1-2-7(6)19-10(12,13)14/h1-3H,4H2,(H,15,18). The van der Waals surface area contributed by atoms with Gasteiger partial charge in [-0.2, -0.15) is 0 Å². The van der Waals surface area contributed by atoms with Crippen LogP contribution in [0.2, 0.25) is 0 Å². The molecule has 0 atom stereocenters. The summed E-state index contributed by atoms with van der Waals surface area (Å²) in [7, 11) is 0. The smallest absolute Gasteiger partial charge is 0.405 e. The molecule has 1 aliphatic rings. The Balaban J connectivity index is 2.29. The predicted octanol–water partition coefficient (Wildman–Crippen LogP) is 2.40. The van der Waals surface area contributed by atoms with Gasteiger partial charge in [0.1, 0.15) is 5.75 Å². The fourth-order valence-corrected chi connectivity index (χ4v) is 1.97. The van der Waals surface area contributed by atoms with E-state index in [-0.39, 0.29) is 16.7 Å². The lowest BCUT2D eigenvalue weighted by molar-refractivity contribution is -0.274. The largest absolute Gasteiger partial charge is 0.573 e. The van der Waals surface area contributed by atoms with Gasteiger partial charge in [0.05, 0.1) is 16.7 Å². The molecule has 9 heteroatoms. The zero-order valence-corrected chi connectivity index (χ0v) is 10.7. The number of nitrogens with zero attached hydrogens (tertiary/aromatic N) is 1. The molecule has 19 heavy (non-hydrogen) atoms. The quantitative estimate of drug-likeness (QED) is 0.842. The van der Waals surface area contributed by atoms with Crippen LogP contribution >= 0.6 is 15.9 Å². The van der Waals surface area contributed by atoms with Crippen LogP contribution in [0.3, 0.4) is 0 Å². The first-order valence-corrected chi connectivity index (χ1v) is 5.73. The van der Waals surface area contributed by atoms with Crippen molar-refractivity contribution >= 4 is 33.6 Å². The molecule has 0 aromatic heterocycles. The molecule has 0 unspecified atom stereocenters. The average Bonchev–Trinajstić information content (AvgIpc) is 2.60. The number of halogens is 4. The Labute approximate surface area is 113 Å². The van der Waals surface area contributed by atoms with E-state index in [9.17, 15) is 22.8 Å². The minimum absolute atomic E-state index is 0.0187. The lowest BCUT2D eigenvalue weighted by Crippen LogP contribution is -2.30. The van der Waals surface area contributed by atoms with Crippen molar-refractivity contribution in [3.05, 3.63) is 22.7 Å². The number of ether oxygens (including phenoxy) is 1. The van der Waals surface area contributed by atoms with Gasteiger partial charge < -0.3 is 10.1 Å². The van der Waals surface area contributed by atoms with Crippen LogP contribution in [-0.4, -0.2) is 24.8 Å². The Morgan fingerprint density at radius 2 is 2.00 bits per heavy atom. The van der Waals surface area contributed by atoms with Crippen LogP contribution in [0, 0.1) is 0 Å². The molecule has 2 rings (SSSR count). The molecule has 0 bridgehead atoms. The topological polar surface area (TPSA) is 58.6 Å². The highest BCUT2D eigenvalue weighted by atomic mass is 79.9. The van der Waals surface area contributed by atoms with Crippen molar-refractivity contribution in [3.8, 4) is 5.75 Å². The summed E-state index contributed by atoms with van der Waals surface area (Å²) in [5, 5.41) is 2.30. The van der Waals surface area contributed by atoms with Crippen LogP contribution in [-0.2, 0) is 4.79 Å². The van der Waals surface area contributed by atoms with Crippen molar-refractivity contribution in [1.29, 1.82) is 0 Å². The van der Waals surface area contributed by atoms with Crippen molar-refractivity contribution in [2.75, 3.05) is 11.4 Å². The maximum absolute atomic E-state index is 12.1. The van der Waals surface area contributed by atoms with Crippen LogP contribution in [0.4, 0.5) is 23.7 Å². The van der Waals surface area contributed by atoms with Crippen LogP contribution in [0.1, 0.15) is 0 Å². The maximum atomic E-state index is 12.1. The first-order chi connectivity index (χ1) is 8.78. The molecule has 0 spiro atoms. The van der Waals surface area contributed by atoms with Gasteiger partial charge in [-0.1, -0.05) is 0 Å². The summed E-state index contributed by atoms with van der Waals surface area (Å²) in [6.45, 7) is -0.142. The second kappa shape index (κ2) is 4.72. The Morgan fingerprint density at radius 1 is 1.32 bits per heavy atom. The summed E-state index contributed by atoms with van der Waals surface area (Å²) in [4.78, 5) is 23.6. The Kier molecular flexibility index (Phi) is 3.40. The lowest BCUT2D eigenvalue weighted by Gasteiger charge is -2.15. The molecule has 0 aliphatic carbocycles. The molecule has 1 aromatic rings. The van der Waals surface area contributed by atoms with Crippen molar-refractivity contribution in [3.63, 3.8) is 0 Å². The van der Waals surface area contributed by atoms with E-state index >= 15 is 0 Å². The summed E-state index contributed by atoms with van der Waals surface area (Å²) < 4.78 is 40.0. The highest BCUT2D eigenvalue weighted by Gasteiger charge is 2.33. The van der Waals surface area contributed by atoms with E-state index < -0.39 is 24.1 Å². The van der Waals surface area contributed by atoms with Crippen LogP contribution in [0.5, 0.6) is 5.75 Å². The van der Waals surface area contributed by atoms with Crippen LogP contribution in [0.15, 0.2) is 22.7 Å². The molecule has 1 heterocycles. The lowest BCUT2D eigenvalue weighted by atomic mass is 10.3. The van der Waals surface area contributed by atoms with Gasteiger partial charge in [-0.05, 0) is 34.1 Å². The van der Waals surface area contributed by atoms with E-state index in [2.05, 4.69) is 26.0 Å². The minimum Gasteiger partial charge on any atom is -0.405 e. The maximum Gasteiger partial charge on any atom is 0.573 e. The van der Waals surface area contributed by atoms with Crippen molar-refractivity contribution in [2.24, 2.45) is 0 Å². The number of alkyl halides is 3. The van der Waals surface area contributed by atoms with Gasteiger partial charge in [0, 0.05) is 0 Å². The summed E-state index contributed by atoms with van der Waals surface area (Å²) in [5.74, 6) is -0.940. The highest BCUT2D eigenvalue weighted by molar-refractivity contribution is 9.10. The normalized spacial score (nSPS) is 15.7. The third-order valence-corrected chi connectivity index (χ3v) is 2.86. The zero-order chi connectivity index (χ0) is 14.2. The van der Waals surface area contributed by atoms with Gasteiger partial charge in [0.15, 0.2) is 0 Å². The molecule has 3 amide bonds. The summed E-state index contributed by atoms with van der Waals surface area (Å²) >= 11 is 2.89. The zero-order valence-electron chi connectivity index (χ0n) is 9.12. The molecule has 102 valence electrons. The second-order valence-corrected chi connectivity index (χ2v) is 4.40. The summed E-state index contributed by atoms with van der Waals surface area (Å²) in [6, 6.07) is 2.78. The van der Waals surface area contributed by atoms with E-state index in [0.717, 1.165) is 11.0 Å². The van der Waals surface area contributed by atoms with Gasteiger partial charge in [0.2, 0.25) is 0 Å².